The van der Waals surface area contributed by atoms with Crippen LogP contribution in [0.1, 0.15) is 19.3 Å². The Morgan fingerprint density at radius 1 is 1.44 bits per heavy atom. The molecule has 1 aliphatic carbocycles. The van der Waals surface area contributed by atoms with Crippen LogP contribution >= 0.6 is 0 Å². The maximum Gasteiger partial charge on any atom is 0.227 e. The molecule has 0 unspecified atom stereocenters. The molecule has 0 bridgehead atoms. The first kappa shape index (κ1) is 11.2. The molecule has 1 aromatic heterocycles. The first-order valence-corrected chi connectivity index (χ1v) is 6.22. The first-order valence-electron chi connectivity index (χ1n) is 6.22. The minimum absolute atomic E-state index is 0.0556. The number of carbonyl (C=O) groups is 1. The lowest BCUT2D eigenvalue weighted by Gasteiger charge is -2.10. The van der Waals surface area contributed by atoms with Crippen molar-refractivity contribution in [3.8, 4) is 0 Å². The zero-order valence-corrected chi connectivity index (χ0v) is 10.0. The monoisotopic (exact) mass is 244 g/mol. The molecule has 1 saturated carbocycles. The highest BCUT2D eigenvalue weighted by molar-refractivity contribution is 5.95. The van der Waals surface area contributed by atoms with Crippen molar-refractivity contribution in [2.45, 2.75) is 25.3 Å². The summed E-state index contributed by atoms with van der Waals surface area (Å²) < 4.78 is 0. The van der Waals surface area contributed by atoms with Crippen LogP contribution in [0.25, 0.3) is 10.9 Å². The number of nitrogens with two attached hydrogens (primary N) is 1. The summed E-state index contributed by atoms with van der Waals surface area (Å²) in [7, 11) is 0. The molecule has 1 aliphatic rings. The van der Waals surface area contributed by atoms with E-state index in [-0.39, 0.29) is 17.9 Å². The van der Waals surface area contributed by atoms with Gasteiger partial charge < -0.3 is 11.1 Å². The summed E-state index contributed by atoms with van der Waals surface area (Å²) in [6.07, 6.45) is 4.37. The van der Waals surface area contributed by atoms with E-state index in [2.05, 4.69) is 15.5 Å². The van der Waals surface area contributed by atoms with Gasteiger partial charge in [-0.15, -0.1) is 0 Å². The Morgan fingerprint density at radius 2 is 2.33 bits per heavy atom. The largest absolute Gasteiger partial charge is 0.328 e. The molecule has 0 aliphatic heterocycles. The molecule has 0 spiro atoms. The lowest BCUT2D eigenvalue weighted by Crippen LogP contribution is -2.23. The Hall–Kier alpha value is -1.88. The average molecular weight is 244 g/mol. The van der Waals surface area contributed by atoms with Crippen LogP contribution in [-0.4, -0.2) is 22.1 Å². The highest BCUT2D eigenvalue weighted by atomic mass is 16.1. The summed E-state index contributed by atoms with van der Waals surface area (Å²) in [6, 6.07) is 5.90. The third-order valence-electron chi connectivity index (χ3n) is 3.55. The highest BCUT2D eigenvalue weighted by Crippen LogP contribution is 2.26. The molecule has 0 saturated heterocycles. The molecule has 94 valence electrons. The van der Waals surface area contributed by atoms with Crippen LogP contribution in [0.4, 0.5) is 5.69 Å². The van der Waals surface area contributed by atoms with Crippen molar-refractivity contribution in [2.75, 3.05) is 5.32 Å². The van der Waals surface area contributed by atoms with E-state index >= 15 is 0 Å². The molecule has 0 radical (unpaired) electrons. The number of amides is 1. The Bertz CT molecular complexity index is 577. The summed E-state index contributed by atoms with van der Waals surface area (Å²) in [5.74, 6) is 0.130. The van der Waals surface area contributed by atoms with E-state index in [1.807, 2.05) is 18.2 Å². The number of aromatic amines is 1. The van der Waals surface area contributed by atoms with Crippen LogP contribution < -0.4 is 11.1 Å². The van der Waals surface area contributed by atoms with Gasteiger partial charge in [-0.25, -0.2) is 0 Å². The Kier molecular flexibility index (Phi) is 2.76. The average Bonchev–Trinajstić information content (AvgIpc) is 2.96. The Balaban J connectivity index is 1.73. The molecule has 2 aromatic rings. The van der Waals surface area contributed by atoms with Crippen molar-refractivity contribution in [1.29, 1.82) is 0 Å². The van der Waals surface area contributed by atoms with Crippen LogP contribution in [0.15, 0.2) is 24.4 Å². The smallest absolute Gasteiger partial charge is 0.227 e. The van der Waals surface area contributed by atoms with E-state index in [0.717, 1.165) is 35.9 Å². The zero-order chi connectivity index (χ0) is 12.5. The molecular weight excluding hydrogens is 228 g/mol. The number of H-pyrrole nitrogens is 1. The Morgan fingerprint density at radius 3 is 3.11 bits per heavy atom. The van der Waals surface area contributed by atoms with Crippen molar-refractivity contribution < 1.29 is 4.79 Å². The van der Waals surface area contributed by atoms with Crippen LogP contribution in [-0.2, 0) is 4.79 Å². The molecule has 1 amide bonds. The maximum absolute atomic E-state index is 12.0. The van der Waals surface area contributed by atoms with E-state index < -0.39 is 0 Å². The van der Waals surface area contributed by atoms with Crippen molar-refractivity contribution in [3.05, 3.63) is 24.4 Å². The first-order chi connectivity index (χ1) is 8.72. The minimum Gasteiger partial charge on any atom is -0.328 e. The van der Waals surface area contributed by atoms with Gasteiger partial charge in [0.25, 0.3) is 0 Å². The number of aromatic nitrogens is 2. The molecular formula is C13H16N4O. The molecule has 4 N–H and O–H groups in total. The van der Waals surface area contributed by atoms with Gasteiger partial charge in [0.1, 0.15) is 0 Å². The number of anilines is 1. The Labute approximate surface area is 105 Å². The molecule has 1 heterocycles. The minimum atomic E-state index is 0.0556. The summed E-state index contributed by atoms with van der Waals surface area (Å²) in [4.78, 5) is 12.0. The third-order valence-corrected chi connectivity index (χ3v) is 3.55. The summed E-state index contributed by atoms with van der Waals surface area (Å²) in [5, 5.41) is 10.8. The number of hydrogen-bond acceptors (Lipinski definition) is 3. The van der Waals surface area contributed by atoms with Crippen LogP contribution in [0.5, 0.6) is 0 Å². The predicted octanol–water partition coefficient (Wildman–Crippen LogP) is 1.63. The van der Waals surface area contributed by atoms with Crippen LogP contribution in [0.2, 0.25) is 0 Å². The molecule has 3 rings (SSSR count). The second-order valence-electron chi connectivity index (χ2n) is 4.93. The van der Waals surface area contributed by atoms with Crippen molar-refractivity contribution in [2.24, 2.45) is 11.7 Å². The number of hydrogen-bond donors (Lipinski definition) is 3. The molecule has 2 atom stereocenters. The van der Waals surface area contributed by atoms with Gasteiger partial charge >= 0.3 is 0 Å². The normalized spacial score (nSPS) is 23.4. The molecule has 5 heteroatoms. The number of rotatable bonds is 2. The van der Waals surface area contributed by atoms with Crippen molar-refractivity contribution in [3.63, 3.8) is 0 Å². The maximum atomic E-state index is 12.0. The van der Waals surface area contributed by atoms with Gasteiger partial charge in [0.2, 0.25) is 5.91 Å². The lowest BCUT2D eigenvalue weighted by atomic mass is 10.1. The fraction of sp³-hybridized carbons (Fsp3) is 0.385. The van der Waals surface area contributed by atoms with E-state index in [0.29, 0.717) is 0 Å². The van der Waals surface area contributed by atoms with Gasteiger partial charge in [0, 0.05) is 23.0 Å². The van der Waals surface area contributed by atoms with E-state index in [9.17, 15) is 4.79 Å². The lowest BCUT2D eigenvalue weighted by molar-refractivity contribution is -0.119. The van der Waals surface area contributed by atoms with E-state index in [4.69, 9.17) is 5.73 Å². The summed E-state index contributed by atoms with van der Waals surface area (Å²) >= 11 is 0. The molecule has 18 heavy (non-hydrogen) atoms. The number of benzene rings is 1. The summed E-state index contributed by atoms with van der Waals surface area (Å²) in [6.45, 7) is 0. The number of fused-ring (bicyclic) bond motifs is 1. The van der Waals surface area contributed by atoms with E-state index in [1.165, 1.54) is 0 Å². The summed E-state index contributed by atoms with van der Waals surface area (Å²) in [5.41, 5.74) is 7.61. The zero-order valence-electron chi connectivity index (χ0n) is 10.0. The molecule has 5 nitrogen and oxygen atoms in total. The quantitative estimate of drug-likeness (QED) is 0.750. The van der Waals surface area contributed by atoms with Gasteiger partial charge in [-0.2, -0.15) is 5.10 Å². The van der Waals surface area contributed by atoms with Gasteiger partial charge in [-0.05, 0) is 37.5 Å². The molecule has 1 fully saturated rings. The van der Waals surface area contributed by atoms with E-state index in [1.54, 1.807) is 6.20 Å². The number of nitrogens with one attached hydrogen (secondary N) is 2. The van der Waals surface area contributed by atoms with Crippen LogP contribution in [0, 0.1) is 5.92 Å². The number of nitrogens with zero attached hydrogens (tertiary/aromatic N) is 1. The topological polar surface area (TPSA) is 83.8 Å². The van der Waals surface area contributed by atoms with Gasteiger partial charge in [-0.1, -0.05) is 0 Å². The van der Waals surface area contributed by atoms with Crippen LogP contribution in [0.3, 0.4) is 0 Å². The standard InChI is InChI=1S/C13H16N4O/c14-10-2-1-8(5-10)13(18)16-11-3-4-12-9(6-11)7-15-17-12/h3-4,6-8,10H,1-2,5,14H2,(H,15,17)(H,16,18)/t8-,10+/m1/s1. The number of carbonyl (C=O) groups excluding carboxylic acids is 1. The fourth-order valence-corrected chi connectivity index (χ4v) is 2.52. The SMILES string of the molecule is N[C@H]1CC[C@@H](C(=O)Nc2ccc3[nH]ncc3c2)C1. The van der Waals surface area contributed by atoms with Gasteiger partial charge in [0.05, 0.1) is 11.7 Å². The second kappa shape index (κ2) is 4.42. The second-order valence-corrected chi connectivity index (χ2v) is 4.93. The van der Waals surface area contributed by atoms with Crippen molar-refractivity contribution >= 4 is 22.5 Å². The highest BCUT2D eigenvalue weighted by Gasteiger charge is 2.27. The third kappa shape index (κ3) is 2.09. The fourth-order valence-electron chi connectivity index (χ4n) is 2.52. The van der Waals surface area contributed by atoms with Gasteiger partial charge in [0.15, 0.2) is 0 Å². The van der Waals surface area contributed by atoms with Crippen molar-refractivity contribution in [1.82, 2.24) is 10.2 Å². The van der Waals surface area contributed by atoms with Gasteiger partial charge in [-0.3, -0.25) is 9.89 Å². The molecule has 1 aromatic carbocycles. The predicted molar refractivity (Wildman–Crippen MR) is 70.0 cm³/mol.